The number of urea groups is 1. The van der Waals surface area contributed by atoms with Crippen molar-refractivity contribution in [3.05, 3.63) is 0 Å². The van der Waals surface area contributed by atoms with E-state index in [0.717, 1.165) is 5.01 Å². The minimum Gasteiger partial charge on any atom is -0.477 e. The average Bonchev–Trinajstić information content (AvgIpc) is 2.08. The molecule has 0 radical (unpaired) electrons. The highest BCUT2D eigenvalue weighted by Gasteiger charge is 2.29. The third kappa shape index (κ3) is 1.82. The number of rotatable bonds is 2. The molecule has 1 aliphatic rings. The van der Waals surface area contributed by atoms with Gasteiger partial charge in [0.1, 0.15) is 0 Å². The smallest absolute Gasteiger partial charge is 0.355 e. The van der Waals surface area contributed by atoms with Gasteiger partial charge >= 0.3 is 12.0 Å². The number of hydrazine groups is 1. The van der Waals surface area contributed by atoms with Crippen LogP contribution in [0.25, 0.3) is 0 Å². The minimum atomic E-state index is -1.11. The number of amides is 2. The van der Waals surface area contributed by atoms with Gasteiger partial charge in [-0.1, -0.05) is 0 Å². The number of hydrazone groups is 1. The van der Waals surface area contributed by atoms with E-state index in [1.54, 1.807) is 14.1 Å². The number of hydrogen-bond donors (Lipinski definition) is 1. The van der Waals surface area contributed by atoms with Crippen molar-refractivity contribution >= 4 is 17.7 Å². The molecule has 7 heteroatoms. The summed E-state index contributed by atoms with van der Waals surface area (Å²) in [5.41, 5.74) is -0.0548. The van der Waals surface area contributed by atoms with Gasteiger partial charge in [-0.3, -0.25) is 0 Å². The normalized spacial score (nSPS) is 17.4. The molecule has 0 spiro atoms. The van der Waals surface area contributed by atoms with Crippen LogP contribution in [0.3, 0.4) is 0 Å². The van der Waals surface area contributed by atoms with Gasteiger partial charge in [0.05, 0.1) is 6.54 Å². The molecule has 0 bridgehead atoms. The van der Waals surface area contributed by atoms with Gasteiger partial charge in [0.2, 0.25) is 0 Å². The van der Waals surface area contributed by atoms with Crippen LogP contribution >= 0.6 is 0 Å². The van der Waals surface area contributed by atoms with Crippen molar-refractivity contribution < 1.29 is 14.7 Å². The Labute approximate surface area is 81.2 Å². The second kappa shape index (κ2) is 3.62. The van der Waals surface area contributed by atoms with Crippen LogP contribution in [0.2, 0.25) is 0 Å². The first-order valence-corrected chi connectivity index (χ1v) is 3.96. The zero-order valence-corrected chi connectivity index (χ0v) is 8.26. The zero-order valence-electron chi connectivity index (χ0n) is 8.26. The quantitative estimate of drug-likeness (QED) is 0.637. The third-order valence-electron chi connectivity index (χ3n) is 1.80. The third-order valence-corrected chi connectivity index (χ3v) is 1.80. The van der Waals surface area contributed by atoms with Crippen molar-refractivity contribution in [3.63, 3.8) is 0 Å². The van der Waals surface area contributed by atoms with Crippen molar-refractivity contribution in [3.8, 4) is 0 Å². The summed E-state index contributed by atoms with van der Waals surface area (Å²) >= 11 is 0. The van der Waals surface area contributed by atoms with Crippen molar-refractivity contribution in [2.75, 3.05) is 27.7 Å². The van der Waals surface area contributed by atoms with E-state index in [2.05, 4.69) is 5.10 Å². The molecule has 2 amide bonds. The molecule has 0 aromatic carbocycles. The Bertz CT molecular complexity index is 299. The molecule has 0 saturated heterocycles. The predicted molar refractivity (Wildman–Crippen MR) is 48.6 cm³/mol. The fraction of sp³-hybridized carbons (Fsp3) is 0.571. The molecule has 0 saturated carbocycles. The van der Waals surface area contributed by atoms with Gasteiger partial charge < -0.3 is 5.11 Å². The summed E-state index contributed by atoms with van der Waals surface area (Å²) in [6.07, 6.45) is 0. The van der Waals surface area contributed by atoms with Crippen LogP contribution in [0.1, 0.15) is 0 Å². The van der Waals surface area contributed by atoms with E-state index in [4.69, 9.17) is 5.11 Å². The van der Waals surface area contributed by atoms with E-state index in [1.165, 1.54) is 17.1 Å². The summed E-state index contributed by atoms with van der Waals surface area (Å²) in [4.78, 5) is 22.1. The summed E-state index contributed by atoms with van der Waals surface area (Å²) in [6.45, 7) is -0.00843. The van der Waals surface area contributed by atoms with Crippen LogP contribution in [0, 0.1) is 0 Å². The van der Waals surface area contributed by atoms with E-state index >= 15 is 0 Å². The molecule has 0 aromatic rings. The van der Waals surface area contributed by atoms with Gasteiger partial charge in [-0.25, -0.2) is 24.6 Å². The van der Waals surface area contributed by atoms with Gasteiger partial charge in [0.15, 0.2) is 5.71 Å². The van der Waals surface area contributed by atoms with Crippen molar-refractivity contribution in [1.29, 1.82) is 0 Å². The maximum atomic E-state index is 11.4. The highest BCUT2D eigenvalue weighted by atomic mass is 16.4. The number of carbonyl (C=O) groups excluding carboxylic acids is 1. The van der Waals surface area contributed by atoms with Gasteiger partial charge in [0.25, 0.3) is 0 Å². The first-order valence-electron chi connectivity index (χ1n) is 3.96. The zero-order chi connectivity index (χ0) is 10.9. The highest BCUT2D eigenvalue weighted by Crippen LogP contribution is 2.06. The molecule has 1 N–H and O–H groups in total. The molecule has 0 fully saturated rings. The molecule has 1 heterocycles. The number of carbonyl (C=O) groups is 2. The maximum absolute atomic E-state index is 11.4. The summed E-state index contributed by atoms with van der Waals surface area (Å²) < 4.78 is 0. The van der Waals surface area contributed by atoms with Crippen molar-refractivity contribution in [2.45, 2.75) is 0 Å². The Balaban J connectivity index is 2.92. The second-order valence-electron chi connectivity index (χ2n) is 3.06. The van der Waals surface area contributed by atoms with Crippen LogP contribution in [0.4, 0.5) is 4.79 Å². The lowest BCUT2D eigenvalue weighted by Gasteiger charge is -2.33. The number of nitrogens with zero attached hydrogens (tertiary/aromatic N) is 4. The molecular formula is C7H12N4O3. The maximum Gasteiger partial charge on any atom is 0.355 e. The first-order chi connectivity index (χ1) is 6.43. The molecule has 0 atom stereocenters. The Hall–Kier alpha value is -1.63. The summed E-state index contributed by atoms with van der Waals surface area (Å²) in [7, 11) is 4.74. The summed E-state index contributed by atoms with van der Waals surface area (Å²) in [6, 6.07) is -0.347. The van der Waals surface area contributed by atoms with Crippen LogP contribution in [0.5, 0.6) is 0 Å². The van der Waals surface area contributed by atoms with Gasteiger partial charge in [-0.2, -0.15) is 5.10 Å². The van der Waals surface area contributed by atoms with E-state index in [9.17, 15) is 9.59 Å². The topological polar surface area (TPSA) is 76.5 Å². The second-order valence-corrected chi connectivity index (χ2v) is 3.06. The van der Waals surface area contributed by atoms with Crippen molar-refractivity contribution in [2.24, 2.45) is 5.10 Å². The van der Waals surface area contributed by atoms with E-state index in [0.29, 0.717) is 0 Å². The van der Waals surface area contributed by atoms with Gasteiger partial charge in [-0.05, 0) is 0 Å². The largest absolute Gasteiger partial charge is 0.477 e. The number of aliphatic carboxylic acids is 1. The predicted octanol–water partition coefficient (Wildman–Crippen LogP) is -0.729. The Morgan fingerprint density at radius 3 is 2.57 bits per heavy atom. The minimum absolute atomic E-state index is 0.00843. The lowest BCUT2D eigenvalue weighted by Crippen LogP contribution is -2.53. The van der Waals surface area contributed by atoms with Crippen molar-refractivity contribution in [1.82, 2.24) is 15.0 Å². The van der Waals surface area contributed by atoms with Crippen LogP contribution < -0.4 is 0 Å². The van der Waals surface area contributed by atoms with E-state index in [-0.39, 0.29) is 18.3 Å². The monoisotopic (exact) mass is 200 g/mol. The average molecular weight is 200 g/mol. The van der Waals surface area contributed by atoms with Crippen LogP contribution in [0.15, 0.2) is 5.10 Å². The van der Waals surface area contributed by atoms with E-state index in [1.807, 2.05) is 0 Å². The SMILES string of the molecule is CN1N=C(C(=O)O)CN(N(C)C)C1=O. The Kier molecular flexibility index (Phi) is 2.70. The molecule has 0 unspecified atom stereocenters. The molecular weight excluding hydrogens is 188 g/mol. The van der Waals surface area contributed by atoms with Gasteiger partial charge in [0, 0.05) is 21.1 Å². The van der Waals surface area contributed by atoms with E-state index < -0.39 is 5.97 Å². The van der Waals surface area contributed by atoms with Gasteiger partial charge in [-0.15, -0.1) is 0 Å². The summed E-state index contributed by atoms with van der Waals surface area (Å²) in [5, 5.41) is 16.2. The standard InChI is InChI=1S/C7H12N4O3/c1-9(2)11-4-5(6(12)13)8-10(3)7(11)14/h4H2,1-3H3,(H,12,13). The number of carboxylic acids is 1. The van der Waals surface area contributed by atoms with Crippen LogP contribution in [-0.4, -0.2) is 65.5 Å². The number of carboxylic acid groups (broad SMARTS) is 1. The molecule has 7 nitrogen and oxygen atoms in total. The Morgan fingerprint density at radius 2 is 2.14 bits per heavy atom. The molecule has 1 rings (SSSR count). The molecule has 1 aliphatic heterocycles. The lowest BCUT2D eigenvalue weighted by atomic mass is 10.3. The van der Waals surface area contributed by atoms with Crippen LogP contribution in [-0.2, 0) is 4.79 Å². The molecule has 0 aromatic heterocycles. The first kappa shape index (κ1) is 10.5. The fourth-order valence-electron chi connectivity index (χ4n) is 1.05. The number of hydrogen-bond acceptors (Lipinski definition) is 4. The summed E-state index contributed by atoms with van der Waals surface area (Å²) in [5.74, 6) is -1.11. The lowest BCUT2D eigenvalue weighted by molar-refractivity contribution is -0.129. The fourth-order valence-corrected chi connectivity index (χ4v) is 1.05. The molecule has 78 valence electrons. The molecule has 0 aliphatic carbocycles. The highest BCUT2D eigenvalue weighted by molar-refractivity contribution is 6.37. The molecule has 14 heavy (non-hydrogen) atoms. The Morgan fingerprint density at radius 1 is 1.57 bits per heavy atom.